The van der Waals surface area contributed by atoms with E-state index in [1.165, 1.54) is 25.7 Å². The zero-order valence-electron chi connectivity index (χ0n) is 13.1. The third kappa shape index (κ3) is 3.66. The molecule has 1 fully saturated rings. The molecule has 2 N–H and O–H groups in total. The van der Waals surface area contributed by atoms with Crippen molar-refractivity contribution in [3.63, 3.8) is 0 Å². The van der Waals surface area contributed by atoms with Gasteiger partial charge in [-0.1, -0.05) is 19.9 Å². The van der Waals surface area contributed by atoms with Gasteiger partial charge in [0.05, 0.1) is 7.11 Å². The van der Waals surface area contributed by atoms with Crippen LogP contribution in [-0.2, 0) is 0 Å². The molecule has 2 rings (SSSR count). The van der Waals surface area contributed by atoms with Crippen LogP contribution in [0.2, 0.25) is 0 Å². The Morgan fingerprint density at radius 2 is 1.95 bits per heavy atom. The summed E-state index contributed by atoms with van der Waals surface area (Å²) in [5.74, 6) is 0.998. The lowest BCUT2D eigenvalue weighted by atomic mass is 9.75. The summed E-state index contributed by atoms with van der Waals surface area (Å²) >= 11 is 0. The second kappa shape index (κ2) is 6.04. The molecular formula is C17H27NO2. The van der Waals surface area contributed by atoms with Gasteiger partial charge in [-0.25, -0.2) is 0 Å². The van der Waals surface area contributed by atoms with Crippen molar-refractivity contribution in [2.75, 3.05) is 7.11 Å². The zero-order chi connectivity index (χ0) is 14.8. The normalized spacial score (nSPS) is 20.6. The van der Waals surface area contributed by atoms with E-state index in [2.05, 4.69) is 26.1 Å². The highest BCUT2D eigenvalue weighted by Gasteiger charge is 2.27. The van der Waals surface area contributed by atoms with E-state index < -0.39 is 0 Å². The largest absolute Gasteiger partial charge is 0.507 e. The molecule has 112 valence electrons. The smallest absolute Gasteiger partial charge is 0.124 e. The fraction of sp³-hybridized carbons (Fsp3) is 0.647. The van der Waals surface area contributed by atoms with E-state index in [9.17, 15) is 5.11 Å². The van der Waals surface area contributed by atoms with E-state index >= 15 is 0 Å². The first-order chi connectivity index (χ1) is 9.41. The second-order valence-electron chi connectivity index (χ2n) is 6.75. The monoisotopic (exact) mass is 277 g/mol. The first-order valence-electron chi connectivity index (χ1n) is 7.54. The molecule has 1 atom stereocenters. The molecule has 1 aliphatic rings. The van der Waals surface area contributed by atoms with Crippen molar-refractivity contribution < 1.29 is 9.84 Å². The molecule has 0 saturated heterocycles. The van der Waals surface area contributed by atoms with Crippen LogP contribution in [0.4, 0.5) is 0 Å². The van der Waals surface area contributed by atoms with Gasteiger partial charge in [0.25, 0.3) is 0 Å². The van der Waals surface area contributed by atoms with Crippen molar-refractivity contribution >= 4 is 0 Å². The predicted octanol–water partition coefficient (Wildman–Crippen LogP) is 4.02. The standard InChI is InChI=1S/C17H27NO2/c1-12(15-6-5-14(20-4)11-16(15)19)18-13-7-9-17(2,3)10-8-13/h5-6,11-13,18-19H,7-10H2,1-4H3. The van der Waals surface area contributed by atoms with Gasteiger partial charge in [0.15, 0.2) is 0 Å². The van der Waals surface area contributed by atoms with Crippen molar-refractivity contribution in [2.45, 2.75) is 58.5 Å². The summed E-state index contributed by atoms with van der Waals surface area (Å²) in [7, 11) is 1.61. The Balaban J connectivity index is 1.97. The van der Waals surface area contributed by atoms with E-state index in [1.807, 2.05) is 12.1 Å². The highest BCUT2D eigenvalue weighted by Crippen LogP contribution is 2.36. The van der Waals surface area contributed by atoms with E-state index in [0.717, 1.165) is 5.56 Å². The van der Waals surface area contributed by atoms with Crippen LogP contribution >= 0.6 is 0 Å². The highest BCUT2D eigenvalue weighted by atomic mass is 16.5. The summed E-state index contributed by atoms with van der Waals surface area (Å²) in [5.41, 5.74) is 1.43. The lowest BCUT2D eigenvalue weighted by Gasteiger charge is -2.36. The molecular weight excluding hydrogens is 250 g/mol. The van der Waals surface area contributed by atoms with E-state index in [1.54, 1.807) is 13.2 Å². The number of nitrogens with one attached hydrogen (secondary N) is 1. The second-order valence-corrected chi connectivity index (χ2v) is 6.75. The minimum atomic E-state index is 0.159. The number of hydrogen-bond acceptors (Lipinski definition) is 3. The van der Waals surface area contributed by atoms with Crippen LogP contribution in [0.5, 0.6) is 11.5 Å². The Bertz CT molecular complexity index is 446. The third-order valence-corrected chi connectivity index (χ3v) is 4.53. The van der Waals surface area contributed by atoms with Gasteiger partial charge in [0, 0.05) is 23.7 Å². The average Bonchev–Trinajstić information content (AvgIpc) is 2.40. The number of aromatic hydroxyl groups is 1. The van der Waals surface area contributed by atoms with Crippen LogP contribution < -0.4 is 10.1 Å². The summed E-state index contributed by atoms with van der Waals surface area (Å²) in [6, 6.07) is 6.24. The van der Waals surface area contributed by atoms with Gasteiger partial charge in [0.2, 0.25) is 0 Å². The fourth-order valence-electron chi connectivity index (χ4n) is 3.03. The van der Waals surface area contributed by atoms with Gasteiger partial charge in [-0.15, -0.1) is 0 Å². The fourth-order valence-corrected chi connectivity index (χ4v) is 3.03. The van der Waals surface area contributed by atoms with Gasteiger partial charge in [-0.05, 0) is 44.1 Å². The number of methoxy groups -OCH3 is 1. The number of ether oxygens (including phenoxy) is 1. The maximum atomic E-state index is 10.1. The van der Waals surface area contributed by atoms with E-state index in [4.69, 9.17) is 4.74 Å². The van der Waals surface area contributed by atoms with Gasteiger partial charge < -0.3 is 15.2 Å². The average molecular weight is 277 g/mol. The number of phenols is 1. The SMILES string of the molecule is COc1ccc(C(C)NC2CCC(C)(C)CC2)c(O)c1. The number of rotatable bonds is 4. The Hall–Kier alpha value is -1.22. The van der Waals surface area contributed by atoms with Gasteiger partial charge in [-0.3, -0.25) is 0 Å². The quantitative estimate of drug-likeness (QED) is 0.873. The van der Waals surface area contributed by atoms with Gasteiger partial charge in [-0.2, -0.15) is 0 Å². The maximum absolute atomic E-state index is 10.1. The first kappa shape index (κ1) is 15.2. The predicted molar refractivity (Wildman–Crippen MR) is 82.2 cm³/mol. The van der Waals surface area contributed by atoms with Crippen molar-refractivity contribution in [2.24, 2.45) is 5.41 Å². The number of phenolic OH excluding ortho intramolecular Hbond substituents is 1. The minimum Gasteiger partial charge on any atom is -0.507 e. The summed E-state index contributed by atoms with van der Waals surface area (Å²) < 4.78 is 5.12. The van der Waals surface area contributed by atoms with E-state index in [-0.39, 0.29) is 6.04 Å². The van der Waals surface area contributed by atoms with Crippen LogP contribution in [0.1, 0.15) is 58.1 Å². The van der Waals surface area contributed by atoms with Gasteiger partial charge >= 0.3 is 0 Å². The van der Waals surface area contributed by atoms with Crippen molar-refractivity contribution in [1.29, 1.82) is 0 Å². The Labute approximate surface area is 122 Å². The van der Waals surface area contributed by atoms with Gasteiger partial charge in [0.1, 0.15) is 11.5 Å². The topological polar surface area (TPSA) is 41.5 Å². The zero-order valence-corrected chi connectivity index (χ0v) is 13.1. The molecule has 0 spiro atoms. The lowest BCUT2D eigenvalue weighted by molar-refractivity contribution is 0.199. The lowest BCUT2D eigenvalue weighted by Crippen LogP contribution is -2.37. The molecule has 0 heterocycles. The van der Waals surface area contributed by atoms with Crippen LogP contribution in [0.25, 0.3) is 0 Å². The molecule has 3 heteroatoms. The molecule has 0 bridgehead atoms. The number of benzene rings is 1. The molecule has 1 saturated carbocycles. The van der Waals surface area contributed by atoms with Crippen molar-refractivity contribution in [3.05, 3.63) is 23.8 Å². The van der Waals surface area contributed by atoms with Crippen LogP contribution in [0, 0.1) is 5.41 Å². The minimum absolute atomic E-state index is 0.159. The van der Waals surface area contributed by atoms with Crippen LogP contribution in [0.15, 0.2) is 18.2 Å². The first-order valence-corrected chi connectivity index (χ1v) is 7.54. The summed E-state index contributed by atoms with van der Waals surface area (Å²) in [5, 5.41) is 13.7. The molecule has 3 nitrogen and oxygen atoms in total. The Kier molecular flexibility index (Phi) is 4.59. The molecule has 20 heavy (non-hydrogen) atoms. The number of hydrogen-bond donors (Lipinski definition) is 2. The summed E-state index contributed by atoms with van der Waals surface area (Å²) in [6.07, 6.45) is 4.97. The highest BCUT2D eigenvalue weighted by molar-refractivity contribution is 5.41. The Morgan fingerprint density at radius 1 is 1.30 bits per heavy atom. The molecule has 0 amide bonds. The van der Waals surface area contributed by atoms with Crippen LogP contribution in [0.3, 0.4) is 0 Å². The van der Waals surface area contributed by atoms with Crippen LogP contribution in [-0.4, -0.2) is 18.3 Å². The molecule has 1 unspecified atom stereocenters. The molecule has 1 aromatic rings. The molecule has 0 aliphatic heterocycles. The Morgan fingerprint density at radius 3 is 2.50 bits per heavy atom. The summed E-state index contributed by atoms with van der Waals surface area (Å²) in [6.45, 7) is 6.81. The molecule has 1 aromatic carbocycles. The summed E-state index contributed by atoms with van der Waals surface area (Å²) in [4.78, 5) is 0. The molecule has 0 aromatic heterocycles. The van der Waals surface area contributed by atoms with Crippen molar-refractivity contribution in [1.82, 2.24) is 5.32 Å². The van der Waals surface area contributed by atoms with Crippen molar-refractivity contribution in [3.8, 4) is 11.5 Å². The van der Waals surface area contributed by atoms with E-state index in [0.29, 0.717) is 23.0 Å². The molecule has 1 aliphatic carbocycles. The maximum Gasteiger partial charge on any atom is 0.124 e. The third-order valence-electron chi connectivity index (χ3n) is 4.53. The molecule has 0 radical (unpaired) electrons.